The third-order valence-corrected chi connectivity index (χ3v) is 3.32. The molecule has 0 radical (unpaired) electrons. The van der Waals surface area contributed by atoms with Gasteiger partial charge in [0.2, 0.25) is 0 Å². The summed E-state index contributed by atoms with van der Waals surface area (Å²) in [6, 6.07) is 0.374. The van der Waals surface area contributed by atoms with Gasteiger partial charge in [-0.3, -0.25) is 0 Å². The van der Waals surface area contributed by atoms with Crippen LogP contribution in [0, 0.1) is 5.92 Å². The van der Waals surface area contributed by atoms with E-state index in [0.717, 1.165) is 12.8 Å². The summed E-state index contributed by atoms with van der Waals surface area (Å²) in [4.78, 5) is 11.7. The molecule has 1 atom stereocenters. The molecule has 0 aromatic carbocycles. The number of nitrogens with two attached hydrogens (primary N) is 1. The van der Waals surface area contributed by atoms with Crippen LogP contribution in [0.4, 0.5) is 4.79 Å². The van der Waals surface area contributed by atoms with Gasteiger partial charge in [0.1, 0.15) is 0 Å². The van der Waals surface area contributed by atoms with E-state index in [-0.39, 0.29) is 12.1 Å². The second-order valence-electron chi connectivity index (χ2n) is 5.04. The Morgan fingerprint density at radius 1 is 1.31 bits per heavy atom. The minimum Gasteiger partial charge on any atom is -0.335 e. The summed E-state index contributed by atoms with van der Waals surface area (Å²) in [7, 11) is 0. The SMILES string of the molecule is CC(C)C(CN)NC(=O)NC1CCCCC1. The van der Waals surface area contributed by atoms with Crippen LogP contribution in [0.2, 0.25) is 0 Å². The van der Waals surface area contributed by atoms with Crippen LogP contribution in [-0.4, -0.2) is 24.7 Å². The summed E-state index contributed by atoms with van der Waals surface area (Å²) in [5.74, 6) is 0.377. The number of carbonyl (C=O) groups is 1. The van der Waals surface area contributed by atoms with Crippen molar-refractivity contribution in [2.75, 3.05) is 6.54 Å². The molecular weight excluding hydrogens is 202 g/mol. The Morgan fingerprint density at radius 3 is 2.44 bits per heavy atom. The zero-order valence-electron chi connectivity index (χ0n) is 10.5. The molecule has 0 aromatic rings. The van der Waals surface area contributed by atoms with Crippen molar-refractivity contribution in [3.8, 4) is 0 Å². The number of amides is 2. The van der Waals surface area contributed by atoms with Crippen LogP contribution in [-0.2, 0) is 0 Å². The zero-order chi connectivity index (χ0) is 12.0. The highest BCUT2D eigenvalue weighted by atomic mass is 16.2. The molecule has 16 heavy (non-hydrogen) atoms. The lowest BCUT2D eigenvalue weighted by Gasteiger charge is -2.26. The van der Waals surface area contributed by atoms with Gasteiger partial charge in [-0.05, 0) is 18.8 Å². The summed E-state index contributed by atoms with van der Waals surface area (Å²) in [5.41, 5.74) is 5.61. The standard InChI is InChI=1S/C12H25N3O/c1-9(2)11(8-13)15-12(16)14-10-6-4-3-5-7-10/h9-11H,3-8,13H2,1-2H3,(H2,14,15,16). The van der Waals surface area contributed by atoms with Gasteiger partial charge in [0, 0.05) is 18.6 Å². The molecule has 4 N–H and O–H groups in total. The van der Waals surface area contributed by atoms with Gasteiger partial charge >= 0.3 is 6.03 Å². The number of urea groups is 1. The first-order valence-corrected chi connectivity index (χ1v) is 6.40. The van der Waals surface area contributed by atoms with Crippen molar-refractivity contribution in [1.82, 2.24) is 10.6 Å². The molecule has 4 heteroatoms. The Bertz CT molecular complexity index is 212. The summed E-state index contributed by atoms with van der Waals surface area (Å²) >= 11 is 0. The van der Waals surface area contributed by atoms with E-state index in [1.807, 2.05) is 0 Å². The van der Waals surface area contributed by atoms with Crippen LogP contribution in [0.25, 0.3) is 0 Å². The van der Waals surface area contributed by atoms with Gasteiger partial charge < -0.3 is 16.4 Å². The van der Waals surface area contributed by atoms with E-state index < -0.39 is 0 Å². The number of rotatable bonds is 4. The highest BCUT2D eigenvalue weighted by Gasteiger charge is 2.18. The fraction of sp³-hybridized carbons (Fsp3) is 0.917. The van der Waals surface area contributed by atoms with Crippen LogP contribution in [0.1, 0.15) is 46.0 Å². The summed E-state index contributed by atoms with van der Waals surface area (Å²) in [6.07, 6.45) is 5.99. The van der Waals surface area contributed by atoms with Crippen molar-refractivity contribution in [2.45, 2.75) is 58.0 Å². The Morgan fingerprint density at radius 2 is 1.94 bits per heavy atom. The molecule has 1 unspecified atom stereocenters. The van der Waals surface area contributed by atoms with E-state index in [9.17, 15) is 4.79 Å². The largest absolute Gasteiger partial charge is 0.335 e. The lowest BCUT2D eigenvalue weighted by Crippen LogP contribution is -2.50. The van der Waals surface area contributed by atoms with Gasteiger partial charge in [0.15, 0.2) is 0 Å². The summed E-state index contributed by atoms with van der Waals surface area (Å²) in [5, 5.41) is 5.97. The minimum atomic E-state index is -0.0592. The molecule has 0 aromatic heterocycles. The van der Waals surface area contributed by atoms with E-state index in [2.05, 4.69) is 24.5 Å². The zero-order valence-corrected chi connectivity index (χ0v) is 10.5. The van der Waals surface area contributed by atoms with Crippen LogP contribution in [0.5, 0.6) is 0 Å². The Kier molecular flexibility index (Phi) is 5.60. The van der Waals surface area contributed by atoms with E-state index in [1.54, 1.807) is 0 Å². The van der Waals surface area contributed by atoms with E-state index in [0.29, 0.717) is 18.5 Å². The third-order valence-electron chi connectivity index (χ3n) is 3.32. The minimum absolute atomic E-state index is 0.0592. The molecule has 1 aliphatic carbocycles. The van der Waals surface area contributed by atoms with E-state index in [1.165, 1.54) is 19.3 Å². The maximum atomic E-state index is 11.7. The highest BCUT2D eigenvalue weighted by molar-refractivity contribution is 5.74. The third kappa shape index (κ3) is 4.39. The molecule has 0 aliphatic heterocycles. The molecule has 4 nitrogen and oxygen atoms in total. The average molecular weight is 227 g/mol. The van der Waals surface area contributed by atoms with Crippen LogP contribution in [0.3, 0.4) is 0 Å². The van der Waals surface area contributed by atoms with Crippen molar-refractivity contribution in [3.63, 3.8) is 0 Å². The molecule has 94 valence electrons. The molecule has 0 bridgehead atoms. The van der Waals surface area contributed by atoms with Gasteiger partial charge in [0.25, 0.3) is 0 Å². The number of nitrogens with one attached hydrogen (secondary N) is 2. The lowest BCUT2D eigenvalue weighted by atomic mass is 9.96. The topological polar surface area (TPSA) is 67.1 Å². The second kappa shape index (κ2) is 6.74. The quantitative estimate of drug-likeness (QED) is 0.683. The monoisotopic (exact) mass is 227 g/mol. The second-order valence-corrected chi connectivity index (χ2v) is 5.04. The number of hydrogen-bond donors (Lipinski definition) is 3. The first-order valence-electron chi connectivity index (χ1n) is 6.40. The van der Waals surface area contributed by atoms with Crippen molar-refractivity contribution >= 4 is 6.03 Å². The van der Waals surface area contributed by atoms with E-state index >= 15 is 0 Å². The smallest absolute Gasteiger partial charge is 0.315 e. The fourth-order valence-electron chi connectivity index (χ4n) is 2.14. The van der Waals surface area contributed by atoms with E-state index in [4.69, 9.17) is 5.73 Å². The van der Waals surface area contributed by atoms with Gasteiger partial charge in [-0.2, -0.15) is 0 Å². The van der Waals surface area contributed by atoms with Crippen molar-refractivity contribution in [2.24, 2.45) is 11.7 Å². The maximum absolute atomic E-state index is 11.7. The Balaban J connectivity index is 2.28. The first-order chi connectivity index (χ1) is 7.63. The van der Waals surface area contributed by atoms with Crippen LogP contribution >= 0.6 is 0 Å². The molecule has 1 fully saturated rings. The lowest BCUT2D eigenvalue weighted by molar-refractivity contribution is 0.225. The predicted octanol–water partition coefficient (Wildman–Crippen LogP) is 1.60. The molecular formula is C12H25N3O. The fourth-order valence-corrected chi connectivity index (χ4v) is 2.14. The molecule has 0 heterocycles. The van der Waals surface area contributed by atoms with Gasteiger partial charge in [0.05, 0.1) is 0 Å². The number of hydrogen-bond acceptors (Lipinski definition) is 2. The number of carbonyl (C=O) groups excluding carboxylic acids is 1. The van der Waals surface area contributed by atoms with Crippen LogP contribution in [0.15, 0.2) is 0 Å². The summed E-state index contributed by atoms with van der Waals surface area (Å²) < 4.78 is 0. The molecule has 0 spiro atoms. The predicted molar refractivity (Wildman–Crippen MR) is 66.2 cm³/mol. The molecule has 1 rings (SSSR count). The van der Waals surface area contributed by atoms with Gasteiger partial charge in [-0.25, -0.2) is 4.79 Å². The molecule has 2 amide bonds. The molecule has 1 saturated carbocycles. The van der Waals surface area contributed by atoms with Crippen molar-refractivity contribution < 1.29 is 4.79 Å². The Labute approximate surface area is 98.3 Å². The Hall–Kier alpha value is -0.770. The maximum Gasteiger partial charge on any atom is 0.315 e. The highest BCUT2D eigenvalue weighted by Crippen LogP contribution is 2.17. The molecule has 1 aliphatic rings. The summed E-state index contributed by atoms with van der Waals surface area (Å²) in [6.45, 7) is 4.63. The van der Waals surface area contributed by atoms with Gasteiger partial charge in [-0.1, -0.05) is 33.1 Å². The van der Waals surface area contributed by atoms with Crippen LogP contribution < -0.4 is 16.4 Å². The van der Waals surface area contributed by atoms with Crippen molar-refractivity contribution in [1.29, 1.82) is 0 Å². The normalized spacial score (nSPS) is 19.5. The molecule has 0 saturated heterocycles. The van der Waals surface area contributed by atoms with Gasteiger partial charge in [-0.15, -0.1) is 0 Å². The van der Waals surface area contributed by atoms with Crippen molar-refractivity contribution in [3.05, 3.63) is 0 Å². The average Bonchev–Trinajstić information content (AvgIpc) is 2.27. The first kappa shape index (κ1) is 13.3.